The third kappa shape index (κ3) is 4.20. The van der Waals surface area contributed by atoms with Crippen LogP contribution in [0.2, 0.25) is 0 Å². The number of nitrogens with two attached hydrogens (primary N) is 1. The lowest BCUT2D eigenvalue weighted by Crippen LogP contribution is -2.30. The molecule has 0 bridgehead atoms. The van der Waals surface area contributed by atoms with Gasteiger partial charge in [0.1, 0.15) is 6.33 Å². The zero-order chi connectivity index (χ0) is 17.8. The topological polar surface area (TPSA) is 113 Å². The van der Waals surface area contributed by atoms with Gasteiger partial charge in [0, 0.05) is 25.2 Å². The van der Waals surface area contributed by atoms with Crippen molar-refractivity contribution < 1.29 is 26.3 Å². The summed E-state index contributed by atoms with van der Waals surface area (Å²) in [6, 6.07) is 3.41. The monoisotopic (exact) mass is 365 g/mol. The van der Waals surface area contributed by atoms with Crippen LogP contribution in [0.5, 0.6) is 5.88 Å². The van der Waals surface area contributed by atoms with Crippen molar-refractivity contribution in [2.45, 2.75) is 24.9 Å². The highest BCUT2D eigenvalue weighted by Crippen LogP contribution is 2.24. The average Bonchev–Trinajstić information content (AvgIpc) is 3.00. The fourth-order valence-corrected chi connectivity index (χ4v) is 2.27. The van der Waals surface area contributed by atoms with Gasteiger partial charge in [0.2, 0.25) is 5.88 Å². The third-order valence-electron chi connectivity index (χ3n) is 2.89. The second-order valence-electron chi connectivity index (χ2n) is 4.64. The molecule has 2 aromatic heterocycles. The maximum atomic E-state index is 12.4. The quantitative estimate of drug-likeness (QED) is 0.723. The third-order valence-corrected chi connectivity index (χ3v) is 4.14. The lowest BCUT2D eigenvalue weighted by molar-refractivity contribution is -0.0449. The molecule has 2 N–H and O–H groups in total. The smallest absolute Gasteiger partial charge is 0.478 e. The highest BCUT2D eigenvalue weighted by Gasteiger charge is 2.48. The van der Waals surface area contributed by atoms with Crippen LogP contribution >= 0.6 is 0 Å². The molecule has 0 spiro atoms. The van der Waals surface area contributed by atoms with Crippen molar-refractivity contribution in [3.05, 3.63) is 36.0 Å². The largest absolute Gasteiger partial charge is 0.518 e. The van der Waals surface area contributed by atoms with E-state index in [0.717, 1.165) is 5.56 Å². The van der Waals surface area contributed by atoms with E-state index in [1.165, 1.54) is 0 Å². The van der Waals surface area contributed by atoms with Crippen LogP contribution in [-0.2, 0) is 23.0 Å². The summed E-state index contributed by atoms with van der Waals surface area (Å²) in [4.78, 5) is 7.53. The average molecular weight is 365 g/mol. The fraction of sp³-hybridized carbons (Fsp3) is 0.417. The number of halogens is 3. The van der Waals surface area contributed by atoms with Crippen molar-refractivity contribution in [3.63, 3.8) is 0 Å². The summed E-state index contributed by atoms with van der Waals surface area (Å²) in [5, 5.41) is 3.33. The molecule has 0 radical (unpaired) electrons. The number of aromatic nitrogens is 4. The van der Waals surface area contributed by atoms with Crippen molar-refractivity contribution in [2.24, 2.45) is 5.73 Å². The first kappa shape index (κ1) is 18.1. The zero-order valence-corrected chi connectivity index (χ0v) is 13.1. The minimum Gasteiger partial charge on any atom is -0.478 e. The number of alkyl halides is 3. The molecule has 132 valence electrons. The van der Waals surface area contributed by atoms with E-state index in [1.807, 2.05) is 0 Å². The standard InChI is InChI=1S/C12H14F3N5O3S/c13-12(14,15)24(21,22)20-8-18-10(19-20)2-1-5-23-11-6-9(7-16)3-4-17-11/h3-4,6,8H,1-2,5,7,16H2. The number of nitrogens with zero attached hydrogens (tertiary/aromatic N) is 4. The van der Waals surface area contributed by atoms with Gasteiger partial charge in [-0.25, -0.2) is 9.97 Å². The molecule has 8 nitrogen and oxygen atoms in total. The molecule has 2 heterocycles. The van der Waals surface area contributed by atoms with Gasteiger partial charge in [0.05, 0.1) is 6.61 Å². The van der Waals surface area contributed by atoms with Crippen molar-refractivity contribution >= 4 is 10.0 Å². The van der Waals surface area contributed by atoms with Crippen LogP contribution in [0.1, 0.15) is 17.8 Å². The van der Waals surface area contributed by atoms with Gasteiger partial charge in [0.25, 0.3) is 0 Å². The van der Waals surface area contributed by atoms with Gasteiger partial charge in [-0.1, -0.05) is 0 Å². The molecule has 0 saturated carbocycles. The molecule has 0 saturated heterocycles. The summed E-state index contributed by atoms with van der Waals surface area (Å²) in [6.45, 7) is 0.551. The molecule has 0 atom stereocenters. The van der Waals surface area contributed by atoms with E-state index in [-0.39, 0.29) is 22.9 Å². The van der Waals surface area contributed by atoms with Crippen LogP contribution in [-0.4, -0.2) is 39.7 Å². The Balaban J connectivity index is 1.88. The molecule has 12 heteroatoms. The highest BCUT2D eigenvalue weighted by atomic mass is 32.2. The number of ether oxygens (including phenoxy) is 1. The SMILES string of the molecule is NCc1ccnc(OCCCc2ncn(S(=O)(=O)C(F)(F)F)n2)c1. The lowest BCUT2D eigenvalue weighted by atomic mass is 10.3. The Labute approximate surface area is 135 Å². The molecule has 24 heavy (non-hydrogen) atoms. The Morgan fingerprint density at radius 1 is 1.29 bits per heavy atom. The minimum absolute atomic E-state index is 0.0323. The summed E-state index contributed by atoms with van der Waals surface area (Å²) in [7, 11) is -5.55. The Morgan fingerprint density at radius 3 is 2.71 bits per heavy atom. The van der Waals surface area contributed by atoms with Crippen molar-refractivity contribution in [2.75, 3.05) is 6.61 Å². The molecular formula is C12H14F3N5O3S. The van der Waals surface area contributed by atoms with E-state index in [4.69, 9.17) is 10.5 Å². The summed E-state index contributed by atoms with van der Waals surface area (Å²) >= 11 is 0. The first-order valence-corrected chi connectivity index (χ1v) is 8.18. The van der Waals surface area contributed by atoms with Gasteiger partial charge in [-0.3, -0.25) is 0 Å². The van der Waals surface area contributed by atoms with Crippen LogP contribution in [0.15, 0.2) is 24.7 Å². The predicted octanol–water partition coefficient (Wildman–Crippen LogP) is 0.841. The van der Waals surface area contributed by atoms with E-state index >= 15 is 0 Å². The van der Waals surface area contributed by atoms with E-state index < -0.39 is 15.5 Å². The zero-order valence-electron chi connectivity index (χ0n) is 12.3. The Hall–Kier alpha value is -2.21. The molecule has 0 aliphatic rings. The van der Waals surface area contributed by atoms with E-state index in [9.17, 15) is 21.6 Å². The van der Waals surface area contributed by atoms with Gasteiger partial charge >= 0.3 is 15.5 Å². The lowest BCUT2D eigenvalue weighted by Gasteiger charge is -2.06. The van der Waals surface area contributed by atoms with E-state index in [1.54, 1.807) is 18.3 Å². The second-order valence-corrected chi connectivity index (χ2v) is 6.43. The Morgan fingerprint density at radius 2 is 2.04 bits per heavy atom. The van der Waals surface area contributed by atoms with Crippen molar-refractivity contribution in [1.29, 1.82) is 0 Å². The summed E-state index contributed by atoms with van der Waals surface area (Å²) in [6.07, 6.45) is 2.58. The Bertz CT molecular complexity index is 791. The number of pyridine rings is 1. The van der Waals surface area contributed by atoms with E-state index in [0.29, 0.717) is 25.2 Å². The molecule has 2 rings (SSSR count). The van der Waals surface area contributed by atoms with Crippen molar-refractivity contribution in [3.8, 4) is 5.88 Å². The number of rotatable bonds is 7. The first-order chi connectivity index (χ1) is 11.2. The van der Waals surface area contributed by atoms with Crippen molar-refractivity contribution in [1.82, 2.24) is 19.2 Å². The minimum atomic E-state index is -5.55. The molecular weight excluding hydrogens is 351 g/mol. The first-order valence-electron chi connectivity index (χ1n) is 6.74. The Kier molecular flexibility index (Phi) is 5.39. The number of aryl methyl sites for hydroxylation is 1. The molecule has 0 unspecified atom stereocenters. The van der Waals surface area contributed by atoms with Gasteiger partial charge in [0.15, 0.2) is 5.82 Å². The summed E-state index contributed by atoms with van der Waals surface area (Å²) in [5.74, 6) is 0.339. The summed E-state index contributed by atoms with van der Waals surface area (Å²) in [5.41, 5.74) is 0.902. The maximum Gasteiger partial charge on any atom is 0.518 e. The van der Waals surface area contributed by atoms with Crippen LogP contribution in [0.25, 0.3) is 0 Å². The second kappa shape index (κ2) is 7.13. The molecule has 0 aromatic carbocycles. The van der Waals surface area contributed by atoms with Gasteiger partial charge in [-0.05, 0) is 18.1 Å². The molecule has 0 fully saturated rings. The van der Waals surface area contributed by atoms with Crippen LogP contribution < -0.4 is 10.5 Å². The molecule has 2 aromatic rings. The van der Waals surface area contributed by atoms with Crippen LogP contribution in [0.3, 0.4) is 0 Å². The highest BCUT2D eigenvalue weighted by molar-refractivity contribution is 7.90. The maximum absolute atomic E-state index is 12.4. The summed E-state index contributed by atoms with van der Waals surface area (Å²) < 4.78 is 64.6. The van der Waals surface area contributed by atoms with Gasteiger partial charge in [-0.2, -0.15) is 21.6 Å². The van der Waals surface area contributed by atoms with Gasteiger partial charge < -0.3 is 10.5 Å². The molecule has 0 aliphatic heterocycles. The number of hydrogen-bond donors (Lipinski definition) is 1. The van der Waals surface area contributed by atoms with Crippen LogP contribution in [0, 0.1) is 0 Å². The van der Waals surface area contributed by atoms with Crippen LogP contribution in [0.4, 0.5) is 13.2 Å². The molecule has 0 aliphatic carbocycles. The fourth-order valence-electron chi connectivity index (χ4n) is 1.68. The molecule has 0 amide bonds. The van der Waals surface area contributed by atoms with E-state index in [2.05, 4.69) is 15.1 Å². The number of hydrogen-bond acceptors (Lipinski definition) is 7. The normalized spacial score (nSPS) is 12.3. The predicted molar refractivity (Wildman–Crippen MR) is 76.3 cm³/mol. The van der Waals surface area contributed by atoms with Gasteiger partial charge in [-0.15, -0.1) is 9.19 Å².